The average molecular weight is 425 g/mol. The normalized spacial score (nSPS) is 13.9. The molecule has 0 saturated heterocycles. The maximum absolute atomic E-state index is 13.5. The summed E-state index contributed by atoms with van der Waals surface area (Å²) in [6, 6.07) is 29.7. The lowest BCUT2D eigenvalue weighted by Crippen LogP contribution is -2.32. The molecule has 1 heterocycles. The van der Waals surface area contributed by atoms with Gasteiger partial charge in [0, 0.05) is 16.1 Å². The second-order valence-electron chi connectivity index (χ2n) is 7.19. The Labute approximate surface area is 184 Å². The Kier molecular flexibility index (Phi) is 4.77. The van der Waals surface area contributed by atoms with Gasteiger partial charge in [-0.3, -0.25) is 9.59 Å². The van der Waals surface area contributed by atoms with Gasteiger partial charge in [-0.05, 0) is 35.2 Å². The molecule has 4 aromatic carbocycles. The summed E-state index contributed by atoms with van der Waals surface area (Å²) in [6.07, 6.45) is 0. The van der Waals surface area contributed by atoms with Crippen molar-refractivity contribution in [2.24, 2.45) is 0 Å². The Morgan fingerprint density at radius 2 is 1.42 bits per heavy atom. The van der Waals surface area contributed by atoms with Crippen LogP contribution in [0.4, 0.5) is 11.4 Å². The molecule has 150 valence electrons. The van der Waals surface area contributed by atoms with Gasteiger partial charge in [0.25, 0.3) is 11.8 Å². The fraction of sp³-hybridized carbons (Fsp3) is 0. The van der Waals surface area contributed by atoms with Crippen molar-refractivity contribution >= 4 is 51.1 Å². The summed E-state index contributed by atoms with van der Waals surface area (Å²) in [6.45, 7) is 0. The Balaban J connectivity index is 1.66. The van der Waals surface area contributed by atoms with Crippen molar-refractivity contribution in [2.45, 2.75) is 0 Å². The minimum absolute atomic E-state index is 0.243. The number of amides is 2. The number of hydrogen-bond donors (Lipinski definition) is 1. The number of rotatable bonds is 4. The SMILES string of the molecule is O=C1C(Nc2cccc3ccccc23)=C(c2ccccc2)C(=O)N1c1cccc(Cl)c1. The molecule has 0 saturated carbocycles. The van der Waals surface area contributed by atoms with Gasteiger partial charge in [0.2, 0.25) is 0 Å². The van der Waals surface area contributed by atoms with Gasteiger partial charge in [0.05, 0.1) is 11.3 Å². The van der Waals surface area contributed by atoms with Gasteiger partial charge in [0.1, 0.15) is 5.70 Å². The van der Waals surface area contributed by atoms with Gasteiger partial charge in [-0.15, -0.1) is 0 Å². The maximum Gasteiger partial charge on any atom is 0.282 e. The lowest BCUT2D eigenvalue weighted by Gasteiger charge is -2.16. The molecule has 0 atom stereocenters. The van der Waals surface area contributed by atoms with Crippen molar-refractivity contribution in [3.8, 4) is 0 Å². The Morgan fingerprint density at radius 1 is 0.710 bits per heavy atom. The van der Waals surface area contributed by atoms with Gasteiger partial charge in [-0.2, -0.15) is 0 Å². The number of carbonyl (C=O) groups excluding carboxylic acids is 2. The number of carbonyl (C=O) groups is 2. The monoisotopic (exact) mass is 424 g/mol. The third-order valence-electron chi connectivity index (χ3n) is 5.26. The molecule has 0 unspecified atom stereocenters. The summed E-state index contributed by atoms with van der Waals surface area (Å²) < 4.78 is 0. The van der Waals surface area contributed by atoms with Gasteiger partial charge in [0.15, 0.2) is 0 Å². The van der Waals surface area contributed by atoms with Crippen LogP contribution in [0.5, 0.6) is 0 Å². The molecular weight excluding hydrogens is 408 g/mol. The fourth-order valence-electron chi connectivity index (χ4n) is 3.84. The first-order valence-corrected chi connectivity index (χ1v) is 10.2. The van der Waals surface area contributed by atoms with E-state index in [0.29, 0.717) is 21.8 Å². The summed E-state index contributed by atoms with van der Waals surface area (Å²) in [5, 5.41) is 5.72. The quantitative estimate of drug-likeness (QED) is 0.415. The second kappa shape index (κ2) is 7.74. The zero-order valence-electron chi connectivity index (χ0n) is 16.4. The van der Waals surface area contributed by atoms with Gasteiger partial charge in [-0.1, -0.05) is 84.4 Å². The smallest absolute Gasteiger partial charge is 0.282 e. The second-order valence-corrected chi connectivity index (χ2v) is 7.63. The van der Waals surface area contributed by atoms with E-state index >= 15 is 0 Å². The molecule has 31 heavy (non-hydrogen) atoms. The Bertz CT molecular complexity index is 1360. The van der Waals surface area contributed by atoms with Crippen LogP contribution in [0.3, 0.4) is 0 Å². The molecule has 0 bridgehead atoms. The van der Waals surface area contributed by atoms with E-state index in [1.54, 1.807) is 24.3 Å². The third-order valence-corrected chi connectivity index (χ3v) is 5.50. The topological polar surface area (TPSA) is 49.4 Å². The van der Waals surface area contributed by atoms with Crippen LogP contribution in [0.15, 0.2) is 103 Å². The summed E-state index contributed by atoms with van der Waals surface area (Å²) in [4.78, 5) is 28.1. The van der Waals surface area contributed by atoms with Crippen LogP contribution in [0.25, 0.3) is 16.3 Å². The van der Waals surface area contributed by atoms with Crippen LogP contribution < -0.4 is 10.2 Å². The number of nitrogens with zero attached hydrogens (tertiary/aromatic N) is 1. The molecule has 0 radical (unpaired) electrons. The summed E-state index contributed by atoms with van der Waals surface area (Å²) in [5.74, 6) is -0.805. The zero-order chi connectivity index (χ0) is 21.4. The van der Waals surface area contributed by atoms with Crippen molar-refractivity contribution in [3.05, 3.63) is 113 Å². The average Bonchev–Trinajstić information content (AvgIpc) is 3.04. The van der Waals surface area contributed by atoms with E-state index in [-0.39, 0.29) is 11.6 Å². The molecule has 4 nitrogen and oxygen atoms in total. The number of benzene rings is 4. The van der Waals surface area contributed by atoms with Gasteiger partial charge < -0.3 is 5.32 Å². The molecule has 1 N–H and O–H groups in total. The number of imide groups is 1. The Morgan fingerprint density at radius 3 is 2.23 bits per heavy atom. The molecule has 0 aliphatic carbocycles. The van der Waals surface area contributed by atoms with Crippen molar-refractivity contribution in [3.63, 3.8) is 0 Å². The molecule has 5 heteroatoms. The van der Waals surface area contributed by atoms with Crippen LogP contribution >= 0.6 is 11.6 Å². The standard InChI is InChI=1S/C26H17ClN2O2/c27-19-12-7-13-20(16-19)29-25(30)23(18-9-2-1-3-10-18)24(26(29)31)28-22-15-6-11-17-8-4-5-14-21(17)22/h1-16,28H. The predicted molar refractivity (Wildman–Crippen MR) is 125 cm³/mol. The van der Waals surface area contributed by atoms with E-state index in [0.717, 1.165) is 16.5 Å². The van der Waals surface area contributed by atoms with Crippen LogP contribution in [0.2, 0.25) is 5.02 Å². The highest BCUT2D eigenvalue weighted by Gasteiger charge is 2.40. The van der Waals surface area contributed by atoms with Crippen LogP contribution in [-0.2, 0) is 9.59 Å². The van der Waals surface area contributed by atoms with Gasteiger partial charge >= 0.3 is 0 Å². The predicted octanol–water partition coefficient (Wildman–Crippen LogP) is 5.89. The van der Waals surface area contributed by atoms with Crippen LogP contribution in [0, 0.1) is 0 Å². The lowest BCUT2D eigenvalue weighted by molar-refractivity contribution is -0.120. The summed E-state index contributed by atoms with van der Waals surface area (Å²) in [5.41, 5.74) is 2.44. The number of hydrogen-bond acceptors (Lipinski definition) is 3. The van der Waals surface area contributed by atoms with E-state index in [2.05, 4.69) is 5.32 Å². The maximum atomic E-state index is 13.5. The number of fused-ring (bicyclic) bond motifs is 1. The third kappa shape index (κ3) is 3.37. The van der Waals surface area contributed by atoms with Crippen LogP contribution in [0.1, 0.15) is 5.56 Å². The van der Waals surface area contributed by atoms with Crippen LogP contribution in [-0.4, -0.2) is 11.8 Å². The van der Waals surface area contributed by atoms with E-state index in [1.807, 2.05) is 72.8 Å². The number of halogens is 1. The first-order valence-electron chi connectivity index (χ1n) is 9.82. The van der Waals surface area contributed by atoms with E-state index in [1.165, 1.54) is 4.90 Å². The molecule has 1 aliphatic heterocycles. The molecule has 4 aromatic rings. The highest BCUT2D eigenvalue weighted by molar-refractivity contribution is 6.46. The molecule has 1 aliphatic rings. The van der Waals surface area contributed by atoms with Gasteiger partial charge in [-0.25, -0.2) is 4.90 Å². The van der Waals surface area contributed by atoms with Crippen molar-refractivity contribution in [1.29, 1.82) is 0 Å². The minimum atomic E-state index is -0.418. The van der Waals surface area contributed by atoms with Crippen molar-refractivity contribution < 1.29 is 9.59 Å². The minimum Gasteiger partial charge on any atom is -0.350 e. The largest absolute Gasteiger partial charge is 0.350 e. The number of anilines is 2. The first-order chi connectivity index (χ1) is 15.1. The van der Waals surface area contributed by atoms with E-state index in [9.17, 15) is 9.59 Å². The first kappa shape index (κ1) is 19.1. The molecule has 0 fully saturated rings. The van der Waals surface area contributed by atoms with E-state index < -0.39 is 5.91 Å². The molecule has 0 spiro atoms. The fourth-order valence-corrected chi connectivity index (χ4v) is 4.02. The highest BCUT2D eigenvalue weighted by atomic mass is 35.5. The molecular formula is C26H17ClN2O2. The number of nitrogens with one attached hydrogen (secondary N) is 1. The van der Waals surface area contributed by atoms with Crippen molar-refractivity contribution in [1.82, 2.24) is 0 Å². The lowest BCUT2D eigenvalue weighted by atomic mass is 10.0. The Hall–Kier alpha value is -3.89. The summed E-state index contributed by atoms with van der Waals surface area (Å²) >= 11 is 6.13. The molecule has 2 amide bonds. The molecule has 5 rings (SSSR count). The van der Waals surface area contributed by atoms with Crippen molar-refractivity contribution in [2.75, 3.05) is 10.2 Å². The zero-order valence-corrected chi connectivity index (χ0v) is 17.1. The van der Waals surface area contributed by atoms with E-state index in [4.69, 9.17) is 11.6 Å². The molecule has 0 aromatic heterocycles. The summed E-state index contributed by atoms with van der Waals surface area (Å²) in [7, 11) is 0. The highest BCUT2D eigenvalue weighted by Crippen LogP contribution is 2.35.